The van der Waals surface area contributed by atoms with Crippen molar-refractivity contribution in [2.45, 2.75) is 16.9 Å². The molecule has 1 aliphatic heterocycles. The number of sulfone groups is 1. The van der Waals surface area contributed by atoms with Crippen LogP contribution in [0.1, 0.15) is 12.0 Å². The Balaban J connectivity index is 2.33. The lowest BCUT2D eigenvalue weighted by atomic mass is 9.91. The molecule has 5 heteroatoms. The van der Waals surface area contributed by atoms with E-state index in [9.17, 15) is 8.42 Å². The van der Waals surface area contributed by atoms with Gasteiger partial charge in [-0.05, 0) is 24.1 Å². The molecular weight excluding hydrogens is 226 g/mol. The second-order valence-corrected chi connectivity index (χ2v) is 6.27. The second-order valence-electron chi connectivity index (χ2n) is 4.26. The Labute approximate surface area is 95.3 Å². The van der Waals surface area contributed by atoms with Gasteiger partial charge in [0, 0.05) is 12.9 Å². The molecule has 0 aromatic heterocycles. The molecule has 88 valence electrons. The molecule has 2 N–H and O–H groups in total. The maximum atomic E-state index is 11.3. The van der Waals surface area contributed by atoms with Crippen LogP contribution >= 0.6 is 0 Å². The molecule has 1 aromatic carbocycles. The highest BCUT2D eigenvalue weighted by molar-refractivity contribution is 7.90. The molecule has 1 atom stereocenters. The fourth-order valence-corrected chi connectivity index (χ4v) is 2.47. The normalized spacial score (nSPS) is 25.9. The van der Waals surface area contributed by atoms with Crippen LogP contribution in [0.25, 0.3) is 0 Å². The molecule has 16 heavy (non-hydrogen) atoms. The van der Waals surface area contributed by atoms with Crippen LogP contribution in [-0.4, -0.2) is 27.9 Å². The van der Waals surface area contributed by atoms with E-state index in [1.807, 2.05) is 0 Å². The van der Waals surface area contributed by atoms with E-state index in [0.717, 1.165) is 12.0 Å². The quantitative estimate of drug-likeness (QED) is 0.826. The van der Waals surface area contributed by atoms with Crippen molar-refractivity contribution in [2.75, 3.05) is 19.5 Å². The number of hydrogen-bond donors (Lipinski definition) is 1. The molecule has 4 nitrogen and oxygen atoms in total. The van der Waals surface area contributed by atoms with Crippen LogP contribution in [0.2, 0.25) is 0 Å². The highest BCUT2D eigenvalue weighted by Gasteiger charge is 2.32. The molecule has 0 bridgehead atoms. The molecule has 1 aromatic rings. The van der Waals surface area contributed by atoms with E-state index in [-0.39, 0.29) is 0 Å². The van der Waals surface area contributed by atoms with Gasteiger partial charge in [-0.15, -0.1) is 0 Å². The van der Waals surface area contributed by atoms with E-state index in [1.54, 1.807) is 24.3 Å². The van der Waals surface area contributed by atoms with Gasteiger partial charge in [0.15, 0.2) is 9.84 Å². The smallest absolute Gasteiger partial charge is 0.175 e. The van der Waals surface area contributed by atoms with Crippen LogP contribution in [0.15, 0.2) is 29.2 Å². The van der Waals surface area contributed by atoms with E-state index in [1.165, 1.54) is 6.26 Å². The standard InChI is InChI=1S/C11H15NO3S/c1-16(13,14)10-4-2-9(3-5-10)11(12)6-7-15-8-11/h2-5H,6-8,12H2,1H3/t11-/m1/s1. The average Bonchev–Trinajstić information content (AvgIpc) is 2.66. The molecule has 1 saturated heterocycles. The third kappa shape index (κ3) is 2.11. The summed E-state index contributed by atoms with van der Waals surface area (Å²) in [5, 5.41) is 0. The molecule has 1 fully saturated rings. The topological polar surface area (TPSA) is 69.4 Å². The highest BCUT2D eigenvalue weighted by Crippen LogP contribution is 2.28. The zero-order valence-corrected chi connectivity index (χ0v) is 9.96. The number of ether oxygens (including phenoxy) is 1. The maximum Gasteiger partial charge on any atom is 0.175 e. The Bertz CT molecular complexity index is 472. The van der Waals surface area contributed by atoms with E-state index in [2.05, 4.69) is 0 Å². The van der Waals surface area contributed by atoms with Gasteiger partial charge >= 0.3 is 0 Å². The first kappa shape index (κ1) is 11.6. The lowest BCUT2D eigenvalue weighted by Gasteiger charge is -2.22. The zero-order valence-electron chi connectivity index (χ0n) is 9.14. The first-order valence-corrected chi connectivity index (χ1v) is 6.98. The van der Waals surface area contributed by atoms with Gasteiger partial charge in [-0.1, -0.05) is 12.1 Å². The number of rotatable bonds is 2. The van der Waals surface area contributed by atoms with Gasteiger partial charge in [0.2, 0.25) is 0 Å². The van der Waals surface area contributed by atoms with Crippen molar-refractivity contribution in [3.8, 4) is 0 Å². The molecule has 0 unspecified atom stereocenters. The summed E-state index contributed by atoms with van der Waals surface area (Å²) in [6, 6.07) is 6.73. The molecule has 0 spiro atoms. The average molecular weight is 241 g/mol. The summed E-state index contributed by atoms with van der Waals surface area (Å²) in [7, 11) is -3.13. The number of hydrogen-bond acceptors (Lipinski definition) is 4. The second kappa shape index (κ2) is 3.84. The minimum atomic E-state index is -3.13. The van der Waals surface area contributed by atoms with Gasteiger partial charge < -0.3 is 10.5 Å². The SMILES string of the molecule is CS(=O)(=O)c1ccc([C@@]2(N)CCOC2)cc1. The predicted octanol–water partition coefficient (Wildman–Crippen LogP) is 0.664. The van der Waals surface area contributed by atoms with Crippen LogP contribution in [0.5, 0.6) is 0 Å². The molecule has 0 amide bonds. The summed E-state index contributed by atoms with van der Waals surface area (Å²) >= 11 is 0. The van der Waals surface area contributed by atoms with E-state index in [4.69, 9.17) is 10.5 Å². The van der Waals surface area contributed by atoms with E-state index in [0.29, 0.717) is 18.1 Å². The first-order chi connectivity index (χ1) is 7.42. The Kier molecular flexibility index (Phi) is 2.77. The van der Waals surface area contributed by atoms with Gasteiger partial charge in [0.25, 0.3) is 0 Å². The summed E-state index contributed by atoms with van der Waals surface area (Å²) in [6.07, 6.45) is 1.96. The predicted molar refractivity (Wildman–Crippen MR) is 60.9 cm³/mol. The van der Waals surface area contributed by atoms with Crippen LogP contribution in [0.3, 0.4) is 0 Å². The summed E-state index contributed by atoms with van der Waals surface area (Å²) in [5.41, 5.74) is 6.63. The molecule has 0 aliphatic carbocycles. The largest absolute Gasteiger partial charge is 0.379 e. The summed E-state index contributed by atoms with van der Waals surface area (Å²) in [5.74, 6) is 0. The summed E-state index contributed by atoms with van der Waals surface area (Å²) < 4.78 is 27.8. The number of nitrogens with two attached hydrogens (primary N) is 1. The van der Waals surface area contributed by atoms with Gasteiger partial charge in [-0.3, -0.25) is 0 Å². The van der Waals surface area contributed by atoms with Crippen molar-refractivity contribution in [2.24, 2.45) is 5.73 Å². The Hall–Kier alpha value is -0.910. The van der Waals surface area contributed by atoms with Gasteiger partial charge in [-0.2, -0.15) is 0 Å². The molecule has 1 aliphatic rings. The van der Waals surface area contributed by atoms with Crippen molar-refractivity contribution >= 4 is 9.84 Å². The van der Waals surface area contributed by atoms with E-state index >= 15 is 0 Å². The van der Waals surface area contributed by atoms with Crippen LogP contribution in [0.4, 0.5) is 0 Å². The van der Waals surface area contributed by atoms with Crippen molar-refractivity contribution in [1.29, 1.82) is 0 Å². The minimum absolute atomic E-state index is 0.318. The lowest BCUT2D eigenvalue weighted by molar-refractivity contribution is 0.178. The van der Waals surface area contributed by atoms with Gasteiger partial charge in [0.1, 0.15) is 0 Å². The summed E-state index contributed by atoms with van der Waals surface area (Å²) in [6.45, 7) is 1.15. The van der Waals surface area contributed by atoms with Crippen molar-refractivity contribution in [3.05, 3.63) is 29.8 Å². The molecular formula is C11H15NO3S. The van der Waals surface area contributed by atoms with Gasteiger partial charge in [-0.25, -0.2) is 8.42 Å². The highest BCUT2D eigenvalue weighted by atomic mass is 32.2. The molecule has 0 saturated carbocycles. The van der Waals surface area contributed by atoms with Gasteiger partial charge in [0.05, 0.1) is 17.0 Å². The fourth-order valence-electron chi connectivity index (χ4n) is 1.84. The van der Waals surface area contributed by atoms with Crippen LogP contribution < -0.4 is 5.73 Å². The zero-order chi connectivity index (χ0) is 11.8. The Morgan fingerprint density at radius 1 is 1.31 bits per heavy atom. The van der Waals surface area contributed by atoms with Crippen LogP contribution in [-0.2, 0) is 20.1 Å². The van der Waals surface area contributed by atoms with Crippen molar-refractivity contribution in [3.63, 3.8) is 0 Å². The van der Waals surface area contributed by atoms with Crippen molar-refractivity contribution in [1.82, 2.24) is 0 Å². The number of benzene rings is 1. The molecule has 0 radical (unpaired) electrons. The Morgan fingerprint density at radius 2 is 1.94 bits per heavy atom. The minimum Gasteiger partial charge on any atom is -0.379 e. The summed E-state index contributed by atoms with van der Waals surface area (Å²) in [4.78, 5) is 0.318. The van der Waals surface area contributed by atoms with Crippen molar-refractivity contribution < 1.29 is 13.2 Å². The molecule has 2 rings (SSSR count). The monoisotopic (exact) mass is 241 g/mol. The lowest BCUT2D eigenvalue weighted by Crippen LogP contribution is -2.36. The van der Waals surface area contributed by atoms with E-state index < -0.39 is 15.4 Å². The fraction of sp³-hybridized carbons (Fsp3) is 0.455. The first-order valence-electron chi connectivity index (χ1n) is 5.09. The third-order valence-corrected chi connectivity index (χ3v) is 4.04. The maximum absolute atomic E-state index is 11.3. The van der Waals surface area contributed by atoms with Crippen LogP contribution in [0, 0.1) is 0 Å². The Morgan fingerprint density at radius 3 is 2.38 bits per heavy atom. The molecule has 1 heterocycles. The third-order valence-electron chi connectivity index (χ3n) is 2.91.